The van der Waals surface area contributed by atoms with E-state index in [9.17, 15) is 0 Å². The van der Waals surface area contributed by atoms with Crippen molar-refractivity contribution in [2.75, 3.05) is 6.54 Å². The van der Waals surface area contributed by atoms with Crippen LogP contribution in [0.4, 0.5) is 0 Å². The van der Waals surface area contributed by atoms with Gasteiger partial charge in [-0.15, -0.1) is 0 Å². The molecule has 4 nitrogen and oxygen atoms in total. The molecule has 0 spiro atoms. The van der Waals surface area contributed by atoms with Crippen molar-refractivity contribution in [2.24, 2.45) is 17.8 Å². The molecule has 3 atom stereocenters. The van der Waals surface area contributed by atoms with E-state index in [1.807, 2.05) is 28.9 Å². The topological polar surface area (TPSA) is 53.1 Å². The Hall–Kier alpha value is -1.86. The summed E-state index contributed by atoms with van der Waals surface area (Å²) in [5.41, 5.74) is 2.71. The van der Waals surface area contributed by atoms with Gasteiger partial charge >= 0.3 is 0 Å². The van der Waals surface area contributed by atoms with Gasteiger partial charge in [-0.2, -0.15) is 5.26 Å². The highest BCUT2D eigenvalue weighted by molar-refractivity contribution is 5.44. The summed E-state index contributed by atoms with van der Waals surface area (Å²) in [5.74, 6) is 2.85. The third-order valence-electron chi connectivity index (χ3n) is 5.31. The van der Waals surface area contributed by atoms with Gasteiger partial charge in [-0.05, 0) is 55.7 Å². The van der Waals surface area contributed by atoms with Gasteiger partial charge < -0.3 is 9.72 Å². The van der Waals surface area contributed by atoms with E-state index in [1.54, 1.807) is 0 Å². The van der Waals surface area contributed by atoms with Gasteiger partial charge in [-0.1, -0.05) is 6.42 Å². The highest BCUT2D eigenvalue weighted by atomic mass is 15.0. The lowest BCUT2D eigenvalue weighted by atomic mass is 9.89. The average molecular weight is 280 g/mol. The van der Waals surface area contributed by atoms with Crippen LogP contribution in [0.25, 0.3) is 5.65 Å². The van der Waals surface area contributed by atoms with Crippen LogP contribution in [-0.2, 0) is 6.54 Å². The number of aromatic nitrogens is 2. The number of hydrogen-bond donors (Lipinski definition) is 1. The van der Waals surface area contributed by atoms with Crippen molar-refractivity contribution in [1.29, 1.82) is 5.26 Å². The summed E-state index contributed by atoms with van der Waals surface area (Å²) in [6, 6.07) is 5.90. The molecule has 21 heavy (non-hydrogen) atoms. The third-order valence-corrected chi connectivity index (χ3v) is 5.31. The summed E-state index contributed by atoms with van der Waals surface area (Å²) < 4.78 is 2.02. The lowest BCUT2D eigenvalue weighted by Gasteiger charge is -2.21. The zero-order valence-electron chi connectivity index (χ0n) is 12.1. The lowest BCUT2D eigenvalue weighted by molar-refractivity contribution is 0.318. The maximum atomic E-state index is 9.01. The number of rotatable bonds is 4. The molecular weight excluding hydrogens is 260 g/mol. The smallest absolute Gasteiger partial charge is 0.137 e. The maximum absolute atomic E-state index is 9.01. The van der Waals surface area contributed by atoms with Gasteiger partial charge in [-0.3, -0.25) is 0 Å². The van der Waals surface area contributed by atoms with E-state index < -0.39 is 0 Å². The van der Waals surface area contributed by atoms with Crippen LogP contribution in [0.2, 0.25) is 0 Å². The van der Waals surface area contributed by atoms with Crippen molar-refractivity contribution in [1.82, 2.24) is 14.7 Å². The molecule has 0 aliphatic heterocycles. The first kappa shape index (κ1) is 12.8. The summed E-state index contributed by atoms with van der Waals surface area (Å²) >= 11 is 0. The summed E-state index contributed by atoms with van der Waals surface area (Å²) in [6.45, 7) is 1.94. The summed E-state index contributed by atoms with van der Waals surface area (Å²) in [4.78, 5) is 4.40. The Morgan fingerprint density at radius 1 is 1.33 bits per heavy atom. The molecule has 1 N–H and O–H groups in total. The van der Waals surface area contributed by atoms with Gasteiger partial charge in [0.05, 0.1) is 17.5 Å². The maximum Gasteiger partial charge on any atom is 0.137 e. The van der Waals surface area contributed by atoms with E-state index >= 15 is 0 Å². The number of nitrogens with zero attached hydrogens (tertiary/aromatic N) is 3. The number of hydrogen-bond acceptors (Lipinski definition) is 3. The van der Waals surface area contributed by atoms with Crippen LogP contribution in [0.3, 0.4) is 0 Å². The number of nitriles is 1. The average Bonchev–Trinajstić information content (AvgIpc) is 3.22. The van der Waals surface area contributed by atoms with E-state index in [4.69, 9.17) is 5.26 Å². The first-order valence-corrected chi connectivity index (χ1v) is 7.90. The summed E-state index contributed by atoms with van der Waals surface area (Å²) in [7, 11) is 0. The Morgan fingerprint density at radius 2 is 2.29 bits per heavy atom. The third kappa shape index (κ3) is 2.32. The zero-order valence-corrected chi connectivity index (χ0v) is 12.1. The Balaban J connectivity index is 1.42. The van der Waals surface area contributed by atoms with Crippen LogP contribution in [0.15, 0.2) is 24.5 Å². The second kappa shape index (κ2) is 5.16. The molecule has 0 amide bonds. The van der Waals surface area contributed by atoms with Crippen molar-refractivity contribution < 1.29 is 0 Å². The van der Waals surface area contributed by atoms with Crippen LogP contribution in [0, 0.1) is 29.1 Å². The van der Waals surface area contributed by atoms with Crippen molar-refractivity contribution in [3.05, 3.63) is 35.8 Å². The number of imidazole rings is 1. The van der Waals surface area contributed by atoms with Crippen LogP contribution >= 0.6 is 0 Å². The second-order valence-electron chi connectivity index (χ2n) is 6.57. The Kier molecular flexibility index (Phi) is 3.16. The van der Waals surface area contributed by atoms with E-state index in [1.165, 1.54) is 25.7 Å². The van der Waals surface area contributed by atoms with Crippen LogP contribution < -0.4 is 5.32 Å². The molecule has 2 aliphatic carbocycles. The van der Waals surface area contributed by atoms with Gasteiger partial charge in [0, 0.05) is 12.7 Å². The molecule has 2 saturated carbocycles. The van der Waals surface area contributed by atoms with Crippen LogP contribution in [-0.4, -0.2) is 15.9 Å². The molecule has 2 aromatic rings. The molecule has 2 fully saturated rings. The minimum Gasteiger partial charge on any atom is -0.311 e. The van der Waals surface area contributed by atoms with Gasteiger partial charge in [0.15, 0.2) is 0 Å². The molecule has 4 heteroatoms. The molecule has 3 unspecified atom stereocenters. The molecule has 108 valence electrons. The molecule has 2 aromatic heterocycles. The standard InChI is InChI=1S/C17H20N4/c18-7-13-2-4-17-20-10-16(21(17)11-13)9-19-8-15-6-12-1-3-14(15)5-12/h2,4,10-12,14-15,19H,1,3,5-6,8-9H2. The number of fused-ring (bicyclic) bond motifs is 3. The first-order chi connectivity index (χ1) is 10.3. The Morgan fingerprint density at radius 3 is 3.05 bits per heavy atom. The molecule has 2 heterocycles. The second-order valence-corrected chi connectivity index (χ2v) is 6.57. The summed E-state index contributed by atoms with van der Waals surface area (Å²) in [6.07, 6.45) is 9.57. The predicted octanol–water partition coefficient (Wildman–Crippen LogP) is 2.73. The fourth-order valence-corrected chi connectivity index (χ4v) is 4.24. The predicted molar refractivity (Wildman–Crippen MR) is 80.6 cm³/mol. The minimum absolute atomic E-state index is 0.676. The Labute approximate surface area is 124 Å². The first-order valence-electron chi connectivity index (χ1n) is 7.90. The highest BCUT2D eigenvalue weighted by Gasteiger charge is 2.38. The minimum atomic E-state index is 0.676. The number of nitrogens with one attached hydrogen (secondary N) is 1. The van der Waals surface area contributed by atoms with Crippen molar-refractivity contribution >= 4 is 5.65 Å². The highest BCUT2D eigenvalue weighted by Crippen LogP contribution is 2.47. The monoisotopic (exact) mass is 280 g/mol. The molecule has 0 aromatic carbocycles. The van der Waals surface area contributed by atoms with E-state index in [2.05, 4.69) is 16.4 Å². The van der Waals surface area contributed by atoms with Crippen LogP contribution in [0.5, 0.6) is 0 Å². The van der Waals surface area contributed by atoms with E-state index in [-0.39, 0.29) is 0 Å². The zero-order chi connectivity index (χ0) is 14.2. The normalized spacial score (nSPS) is 27.3. The SMILES string of the molecule is N#Cc1ccc2ncc(CNCC3CC4CCC3C4)n2c1. The van der Waals surface area contributed by atoms with Gasteiger partial charge in [0.1, 0.15) is 11.7 Å². The van der Waals surface area contributed by atoms with Crippen molar-refractivity contribution in [2.45, 2.75) is 32.2 Å². The molecule has 0 saturated heterocycles. The fraction of sp³-hybridized carbons (Fsp3) is 0.529. The fourth-order valence-electron chi connectivity index (χ4n) is 4.24. The van der Waals surface area contributed by atoms with Crippen LogP contribution in [0.1, 0.15) is 36.9 Å². The number of pyridine rings is 1. The molecular formula is C17H20N4. The van der Waals surface area contributed by atoms with Crippen molar-refractivity contribution in [3.8, 4) is 6.07 Å². The van der Waals surface area contributed by atoms with E-state index in [0.29, 0.717) is 5.56 Å². The molecule has 2 aliphatic rings. The van der Waals surface area contributed by atoms with Gasteiger partial charge in [0.2, 0.25) is 0 Å². The molecule has 2 bridgehead atoms. The Bertz CT molecular complexity index is 696. The quantitative estimate of drug-likeness (QED) is 0.937. The molecule has 0 radical (unpaired) electrons. The van der Waals surface area contributed by atoms with Gasteiger partial charge in [-0.25, -0.2) is 4.98 Å². The molecule has 4 rings (SSSR count). The van der Waals surface area contributed by atoms with Crippen molar-refractivity contribution in [3.63, 3.8) is 0 Å². The summed E-state index contributed by atoms with van der Waals surface area (Å²) in [5, 5.41) is 12.6. The lowest BCUT2D eigenvalue weighted by Crippen LogP contribution is -2.26. The van der Waals surface area contributed by atoms with Gasteiger partial charge in [0.25, 0.3) is 0 Å². The largest absolute Gasteiger partial charge is 0.311 e. The van der Waals surface area contributed by atoms with E-state index in [0.717, 1.165) is 42.2 Å².